The molecule has 2 rings (SSSR count). The second-order valence-electron chi connectivity index (χ2n) is 5.00. The molecule has 0 aliphatic carbocycles. The molecule has 0 heterocycles. The van der Waals surface area contributed by atoms with Crippen molar-refractivity contribution in [3.05, 3.63) is 65.7 Å². The monoisotopic (exact) mass is 362 g/mol. The van der Waals surface area contributed by atoms with Crippen LogP contribution >= 0.6 is 0 Å². The quantitative estimate of drug-likeness (QED) is 0.476. The van der Waals surface area contributed by atoms with Gasteiger partial charge < -0.3 is 0 Å². The van der Waals surface area contributed by atoms with Crippen LogP contribution in [0.3, 0.4) is 0 Å². The summed E-state index contributed by atoms with van der Waals surface area (Å²) in [6, 6.07) is 16.8. The summed E-state index contributed by atoms with van der Waals surface area (Å²) in [5, 5.41) is 0. The summed E-state index contributed by atoms with van der Waals surface area (Å²) >= 11 is 1.14. The topological polar surface area (TPSA) is 26.3 Å². The van der Waals surface area contributed by atoms with Crippen LogP contribution in [0.5, 0.6) is 5.75 Å². The number of hydrogen-bond acceptors (Lipinski definition) is 2. The summed E-state index contributed by atoms with van der Waals surface area (Å²) in [4.78, 5) is 12.0. The molecule has 0 spiro atoms. The van der Waals surface area contributed by atoms with E-state index in [9.17, 15) is 4.79 Å². The first kappa shape index (κ1) is 14.1. The summed E-state index contributed by atoms with van der Waals surface area (Å²) in [7, 11) is 0. The van der Waals surface area contributed by atoms with Gasteiger partial charge in [0.1, 0.15) is 0 Å². The van der Waals surface area contributed by atoms with Crippen LogP contribution in [0, 0.1) is 0 Å². The van der Waals surface area contributed by atoms with Crippen molar-refractivity contribution in [2.24, 2.45) is 0 Å². The molecule has 0 aliphatic rings. The fourth-order valence-corrected chi connectivity index (χ4v) is 2.24. The fourth-order valence-electron chi connectivity index (χ4n) is 1.69. The third kappa shape index (κ3) is 3.84. The van der Waals surface area contributed by atoms with Gasteiger partial charge in [-0.3, -0.25) is 0 Å². The molecule has 0 fully saturated rings. The number of para-hydroxylation sites is 1. The molecule has 2 nitrogen and oxygen atoms in total. The zero-order valence-electron chi connectivity index (χ0n) is 11.1. The number of benzene rings is 2. The van der Waals surface area contributed by atoms with Crippen LogP contribution in [0.1, 0.15) is 29.8 Å². The van der Waals surface area contributed by atoms with E-state index in [1.807, 2.05) is 42.5 Å². The van der Waals surface area contributed by atoms with Gasteiger partial charge in [0.15, 0.2) is 0 Å². The Bertz CT molecular complexity index is 554. The molecule has 2 aromatic carbocycles. The molecular weight excluding hydrogens is 346 g/mol. The predicted octanol–water partition coefficient (Wildman–Crippen LogP) is 2.77. The maximum absolute atomic E-state index is 12.0. The zero-order chi connectivity index (χ0) is 13.9. The fraction of sp³-hybridized carbons (Fsp3) is 0.188. The zero-order valence-corrected chi connectivity index (χ0v) is 14.4. The maximum atomic E-state index is 12.0. The molecule has 0 N–H and O–H groups in total. The first-order valence-corrected chi connectivity index (χ1v) is 7.78. The standard InChI is InChI=1S/C16H15O2.Sb.2H/c1-12(2)13-8-10-14(11-9-13)16(17)18-15-6-4-3-5-7-15;;;/h3-11H,1-2H3;;;. The van der Waals surface area contributed by atoms with Crippen LogP contribution in [-0.2, 0) is 3.36 Å². The van der Waals surface area contributed by atoms with Gasteiger partial charge in [-0.15, -0.1) is 0 Å². The van der Waals surface area contributed by atoms with E-state index >= 15 is 0 Å². The van der Waals surface area contributed by atoms with Crippen LogP contribution in [0.4, 0.5) is 0 Å². The van der Waals surface area contributed by atoms with Crippen molar-refractivity contribution in [1.29, 1.82) is 0 Å². The minimum atomic E-state index is -0.317. The van der Waals surface area contributed by atoms with Crippen LogP contribution in [-0.4, -0.2) is 29.0 Å². The molecule has 0 saturated heterocycles. The van der Waals surface area contributed by atoms with Gasteiger partial charge in [0.05, 0.1) is 0 Å². The molecule has 98 valence electrons. The average Bonchev–Trinajstić information content (AvgIpc) is 2.39. The molecule has 0 radical (unpaired) electrons. The Morgan fingerprint density at radius 3 is 2.11 bits per heavy atom. The minimum absolute atomic E-state index is 0.215. The van der Waals surface area contributed by atoms with Gasteiger partial charge >= 0.3 is 127 Å². The number of esters is 1. The Kier molecular flexibility index (Phi) is 4.31. The van der Waals surface area contributed by atoms with Crippen molar-refractivity contribution in [3.63, 3.8) is 0 Å². The Morgan fingerprint density at radius 2 is 1.58 bits per heavy atom. The molecular formula is C16H17O2Sb. The van der Waals surface area contributed by atoms with E-state index in [0.717, 1.165) is 23.0 Å². The molecule has 0 amide bonds. The average molecular weight is 363 g/mol. The van der Waals surface area contributed by atoms with Gasteiger partial charge in [-0.05, 0) is 0 Å². The van der Waals surface area contributed by atoms with E-state index in [1.54, 1.807) is 12.1 Å². The third-order valence-corrected chi connectivity index (χ3v) is 3.77. The van der Waals surface area contributed by atoms with Crippen molar-refractivity contribution in [1.82, 2.24) is 0 Å². The number of carbonyl (C=O) groups is 1. The first-order chi connectivity index (χ1) is 8.97. The van der Waals surface area contributed by atoms with Crippen molar-refractivity contribution < 1.29 is 9.53 Å². The van der Waals surface area contributed by atoms with Gasteiger partial charge in [-0.25, -0.2) is 0 Å². The van der Waals surface area contributed by atoms with Crippen LogP contribution in [0.2, 0.25) is 0 Å². The summed E-state index contributed by atoms with van der Waals surface area (Å²) in [6.45, 7) is 4.40. The van der Waals surface area contributed by atoms with Crippen molar-refractivity contribution in [2.75, 3.05) is 0 Å². The normalized spacial score (nSPS) is 11.1. The van der Waals surface area contributed by atoms with Crippen molar-refractivity contribution in [3.8, 4) is 5.75 Å². The number of ether oxygens (including phenoxy) is 1. The third-order valence-electron chi connectivity index (χ3n) is 2.82. The first-order valence-electron chi connectivity index (χ1n) is 6.13. The van der Waals surface area contributed by atoms with E-state index in [4.69, 9.17) is 4.74 Å². The Balaban J connectivity index is 2.12. The van der Waals surface area contributed by atoms with Gasteiger partial charge in [0.2, 0.25) is 0 Å². The molecule has 3 heteroatoms. The number of hydrogen-bond donors (Lipinski definition) is 0. The van der Waals surface area contributed by atoms with E-state index in [1.165, 1.54) is 5.56 Å². The number of rotatable bonds is 3. The Labute approximate surface area is 127 Å². The number of carbonyl (C=O) groups excluding carboxylic acids is 1. The molecule has 19 heavy (non-hydrogen) atoms. The van der Waals surface area contributed by atoms with E-state index in [0.29, 0.717) is 11.3 Å². The molecule has 2 aromatic rings. The molecule has 0 saturated carbocycles. The molecule has 0 unspecified atom stereocenters. The SMILES string of the molecule is C[C](C)([SbH2])c1ccc(C(=O)Oc2ccccc2)cc1. The Morgan fingerprint density at radius 1 is 1.00 bits per heavy atom. The van der Waals surface area contributed by atoms with Crippen LogP contribution in [0.15, 0.2) is 54.6 Å². The van der Waals surface area contributed by atoms with E-state index < -0.39 is 0 Å². The van der Waals surface area contributed by atoms with Gasteiger partial charge in [0, 0.05) is 0 Å². The summed E-state index contributed by atoms with van der Waals surface area (Å²) in [6.07, 6.45) is 0. The second-order valence-corrected chi connectivity index (χ2v) is 9.12. The summed E-state index contributed by atoms with van der Waals surface area (Å²) < 4.78 is 5.51. The van der Waals surface area contributed by atoms with Crippen molar-refractivity contribution in [2.45, 2.75) is 17.2 Å². The summed E-state index contributed by atoms with van der Waals surface area (Å²) in [5.41, 5.74) is 1.84. The van der Waals surface area contributed by atoms with Gasteiger partial charge in [-0.1, -0.05) is 0 Å². The Hall–Kier alpha value is -1.27. The van der Waals surface area contributed by atoms with E-state index in [2.05, 4.69) is 13.8 Å². The molecule has 0 aliphatic heterocycles. The summed E-state index contributed by atoms with van der Waals surface area (Å²) in [5.74, 6) is 0.252. The molecule has 0 bridgehead atoms. The van der Waals surface area contributed by atoms with Gasteiger partial charge in [-0.2, -0.15) is 0 Å². The second kappa shape index (κ2) is 5.79. The van der Waals surface area contributed by atoms with Crippen molar-refractivity contribution >= 4 is 29.0 Å². The molecule has 0 aromatic heterocycles. The van der Waals surface area contributed by atoms with Crippen LogP contribution < -0.4 is 4.74 Å². The predicted molar refractivity (Wildman–Crippen MR) is 79.4 cm³/mol. The van der Waals surface area contributed by atoms with Gasteiger partial charge in [0.25, 0.3) is 0 Å². The molecule has 0 atom stereocenters. The van der Waals surface area contributed by atoms with E-state index in [-0.39, 0.29) is 9.33 Å². The van der Waals surface area contributed by atoms with Crippen LogP contribution in [0.25, 0.3) is 0 Å².